The second-order valence-electron chi connectivity index (χ2n) is 3.05. The minimum atomic E-state index is -0.267. The van der Waals surface area contributed by atoms with Gasteiger partial charge in [-0.25, -0.2) is 4.39 Å². The molecule has 2 rings (SSSR count). The van der Waals surface area contributed by atoms with Gasteiger partial charge in [0.15, 0.2) is 0 Å². The predicted molar refractivity (Wildman–Crippen MR) is 44.2 cm³/mol. The normalized spacial score (nSPS) is 22.9. The molecule has 1 atom stereocenters. The molecule has 0 amide bonds. The molecule has 1 saturated heterocycles. The lowest BCUT2D eigenvalue weighted by Gasteiger charge is -2.07. The van der Waals surface area contributed by atoms with Gasteiger partial charge in [0.2, 0.25) is 0 Å². The molecule has 2 nitrogen and oxygen atoms in total. The highest BCUT2D eigenvalue weighted by Crippen LogP contribution is 2.20. The monoisotopic (exact) mass is 166 g/mol. The zero-order chi connectivity index (χ0) is 8.39. The molecular weight excluding hydrogens is 155 g/mol. The summed E-state index contributed by atoms with van der Waals surface area (Å²) in [6.45, 7) is 1.05. The van der Waals surface area contributed by atoms with Gasteiger partial charge in [0.1, 0.15) is 5.82 Å². The van der Waals surface area contributed by atoms with Crippen molar-refractivity contribution in [3.05, 3.63) is 29.8 Å². The van der Waals surface area contributed by atoms with E-state index in [0.717, 1.165) is 18.7 Å². The number of nitrogens with zero attached hydrogens (tertiary/aromatic N) is 1. The highest BCUT2D eigenvalue weighted by Gasteiger charge is 2.16. The molecule has 0 saturated carbocycles. The molecule has 0 spiro atoms. The van der Waals surface area contributed by atoms with E-state index in [1.807, 2.05) is 0 Å². The molecule has 0 radical (unpaired) electrons. The smallest absolute Gasteiger partial charge is 0.141 e. The van der Waals surface area contributed by atoms with Gasteiger partial charge in [-0.3, -0.25) is 4.98 Å². The first kappa shape index (κ1) is 7.68. The fraction of sp³-hybridized carbons (Fsp3) is 0.444. The average molecular weight is 166 g/mol. The molecule has 1 aromatic heterocycles. The van der Waals surface area contributed by atoms with Crippen LogP contribution in [0.2, 0.25) is 0 Å². The summed E-state index contributed by atoms with van der Waals surface area (Å²) in [5, 5.41) is 3.31. The topological polar surface area (TPSA) is 24.9 Å². The number of nitrogens with one attached hydrogen (secondary N) is 1. The van der Waals surface area contributed by atoms with Crippen LogP contribution in [-0.2, 0) is 0 Å². The first-order valence-electron chi connectivity index (χ1n) is 4.21. The van der Waals surface area contributed by atoms with Crippen LogP contribution in [0.3, 0.4) is 0 Å². The molecule has 1 N–H and O–H groups in total. The van der Waals surface area contributed by atoms with Crippen LogP contribution in [0.5, 0.6) is 0 Å². The summed E-state index contributed by atoms with van der Waals surface area (Å²) < 4.78 is 12.5. The van der Waals surface area contributed by atoms with Crippen LogP contribution in [0, 0.1) is 5.82 Å². The van der Waals surface area contributed by atoms with Gasteiger partial charge in [-0.1, -0.05) is 0 Å². The molecule has 3 heteroatoms. The Kier molecular flexibility index (Phi) is 2.04. The first-order chi connectivity index (χ1) is 5.86. The predicted octanol–water partition coefficient (Wildman–Crippen LogP) is 1.65. The Morgan fingerprint density at radius 1 is 1.50 bits per heavy atom. The van der Waals surface area contributed by atoms with Crippen molar-refractivity contribution in [3.8, 4) is 0 Å². The standard InChI is InChI=1S/C9H11FN2/c10-7-3-4-9(12-6-7)8-2-1-5-11-8/h3-4,6,8,11H,1-2,5H2/t8-/m1/s1. The largest absolute Gasteiger partial charge is 0.309 e. The fourth-order valence-corrected chi connectivity index (χ4v) is 1.53. The van der Waals surface area contributed by atoms with E-state index in [-0.39, 0.29) is 5.82 Å². The lowest BCUT2D eigenvalue weighted by molar-refractivity contribution is 0.598. The van der Waals surface area contributed by atoms with Crippen LogP contribution in [0.1, 0.15) is 24.6 Å². The van der Waals surface area contributed by atoms with Gasteiger partial charge < -0.3 is 5.32 Å². The minimum Gasteiger partial charge on any atom is -0.309 e. The van der Waals surface area contributed by atoms with Crippen LogP contribution in [0.4, 0.5) is 4.39 Å². The first-order valence-corrected chi connectivity index (χ1v) is 4.21. The van der Waals surface area contributed by atoms with Crippen LogP contribution >= 0.6 is 0 Å². The van der Waals surface area contributed by atoms with Crippen molar-refractivity contribution < 1.29 is 4.39 Å². The fourth-order valence-electron chi connectivity index (χ4n) is 1.53. The second-order valence-corrected chi connectivity index (χ2v) is 3.05. The average Bonchev–Trinajstić information content (AvgIpc) is 2.58. The van der Waals surface area contributed by atoms with Gasteiger partial charge in [0.05, 0.1) is 11.9 Å². The summed E-state index contributed by atoms with van der Waals surface area (Å²) >= 11 is 0. The van der Waals surface area contributed by atoms with Crippen LogP contribution in [0.25, 0.3) is 0 Å². The van der Waals surface area contributed by atoms with E-state index in [2.05, 4.69) is 10.3 Å². The third-order valence-corrected chi connectivity index (χ3v) is 2.17. The molecule has 0 aromatic carbocycles. The van der Waals surface area contributed by atoms with Gasteiger partial charge in [0.25, 0.3) is 0 Å². The van der Waals surface area contributed by atoms with Gasteiger partial charge >= 0.3 is 0 Å². The number of aromatic nitrogens is 1. The maximum Gasteiger partial charge on any atom is 0.141 e. The van der Waals surface area contributed by atoms with Gasteiger partial charge in [-0.2, -0.15) is 0 Å². The zero-order valence-electron chi connectivity index (χ0n) is 6.76. The van der Waals surface area contributed by atoms with Gasteiger partial charge in [-0.15, -0.1) is 0 Å². The van der Waals surface area contributed by atoms with E-state index in [4.69, 9.17) is 0 Å². The van der Waals surface area contributed by atoms with Crippen molar-refractivity contribution >= 4 is 0 Å². The third-order valence-electron chi connectivity index (χ3n) is 2.17. The molecule has 1 aliphatic heterocycles. The highest BCUT2D eigenvalue weighted by atomic mass is 19.1. The summed E-state index contributed by atoms with van der Waals surface area (Å²) in [6.07, 6.45) is 3.57. The van der Waals surface area contributed by atoms with Crippen LogP contribution in [-0.4, -0.2) is 11.5 Å². The van der Waals surface area contributed by atoms with E-state index in [0.29, 0.717) is 6.04 Å². The van der Waals surface area contributed by atoms with E-state index < -0.39 is 0 Å². The van der Waals surface area contributed by atoms with Crippen molar-refractivity contribution in [2.45, 2.75) is 18.9 Å². The molecule has 1 aromatic rings. The summed E-state index contributed by atoms with van der Waals surface area (Å²) in [6, 6.07) is 3.55. The maximum atomic E-state index is 12.5. The molecule has 0 unspecified atom stereocenters. The van der Waals surface area contributed by atoms with Crippen molar-refractivity contribution in [3.63, 3.8) is 0 Å². The van der Waals surface area contributed by atoms with E-state index in [9.17, 15) is 4.39 Å². The van der Waals surface area contributed by atoms with Crippen molar-refractivity contribution in [2.75, 3.05) is 6.54 Å². The molecule has 0 bridgehead atoms. The van der Waals surface area contributed by atoms with Crippen molar-refractivity contribution in [2.24, 2.45) is 0 Å². The lowest BCUT2D eigenvalue weighted by Crippen LogP contribution is -2.13. The number of hydrogen-bond donors (Lipinski definition) is 1. The Bertz CT molecular complexity index is 252. The van der Waals surface area contributed by atoms with Crippen LogP contribution in [0.15, 0.2) is 18.3 Å². The Balaban J connectivity index is 2.17. The summed E-state index contributed by atoms with van der Waals surface area (Å²) in [4.78, 5) is 4.02. The van der Waals surface area contributed by atoms with E-state index in [1.54, 1.807) is 6.07 Å². The number of rotatable bonds is 1. The maximum absolute atomic E-state index is 12.5. The Morgan fingerprint density at radius 3 is 3.00 bits per heavy atom. The second kappa shape index (κ2) is 3.19. The Morgan fingerprint density at radius 2 is 2.42 bits per heavy atom. The van der Waals surface area contributed by atoms with Crippen molar-refractivity contribution in [1.29, 1.82) is 0 Å². The summed E-state index contributed by atoms with van der Waals surface area (Å²) in [5.41, 5.74) is 0.953. The zero-order valence-corrected chi connectivity index (χ0v) is 6.76. The molecule has 2 heterocycles. The minimum absolute atomic E-state index is 0.267. The molecule has 1 fully saturated rings. The van der Waals surface area contributed by atoms with Crippen LogP contribution < -0.4 is 5.32 Å². The number of hydrogen-bond acceptors (Lipinski definition) is 2. The Hall–Kier alpha value is -0.960. The van der Waals surface area contributed by atoms with E-state index >= 15 is 0 Å². The molecule has 12 heavy (non-hydrogen) atoms. The lowest BCUT2D eigenvalue weighted by atomic mass is 10.1. The molecule has 0 aliphatic carbocycles. The Labute approximate surface area is 70.8 Å². The number of halogens is 1. The summed E-state index contributed by atoms with van der Waals surface area (Å²) in [5.74, 6) is -0.267. The summed E-state index contributed by atoms with van der Waals surface area (Å²) in [7, 11) is 0. The molecule has 1 aliphatic rings. The third kappa shape index (κ3) is 1.46. The number of pyridine rings is 1. The van der Waals surface area contributed by atoms with Crippen molar-refractivity contribution in [1.82, 2.24) is 10.3 Å². The molecular formula is C9H11FN2. The SMILES string of the molecule is Fc1ccc([C@H]2CCCN2)nc1. The van der Waals surface area contributed by atoms with E-state index in [1.165, 1.54) is 18.7 Å². The molecule has 64 valence electrons. The van der Waals surface area contributed by atoms with Gasteiger partial charge in [0, 0.05) is 6.04 Å². The quantitative estimate of drug-likeness (QED) is 0.686. The van der Waals surface area contributed by atoms with Gasteiger partial charge in [-0.05, 0) is 31.5 Å². The highest BCUT2D eigenvalue weighted by molar-refractivity contribution is 5.10.